The molecule has 0 fully saturated rings. The van der Waals surface area contributed by atoms with Crippen LogP contribution in [0, 0.1) is 0 Å². The number of nitrogens with zero attached hydrogens (tertiary/aromatic N) is 1. The van der Waals surface area contributed by atoms with Crippen molar-refractivity contribution in [1.82, 2.24) is 4.90 Å². The Morgan fingerprint density at radius 1 is 1.15 bits per heavy atom. The summed E-state index contributed by atoms with van der Waals surface area (Å²) in [4.78, 5) is 14.4. The average Bonchev–Trinajstić information content (AvgIpc) is 2.67. The van der Waals surface area contributed by atoms with Crippen molar-refractivity contribution in [3.63, 3.8) is 0 Å². The molecule has 1 N–H and O–H groups in total. The molecular weight excluding hydrogens is 368 g/mol. The zero-order valence-electron chi connectivity index (χ0n) is 16.0. The number of rotatable bonds is 9. The molecule has 27 heavy (non-hydrogen) atoms. The predicted molar refractivity (Wildman–Crippen MR) is 107 cm³/mol. The van der Waals surface area contributed by atoms with Gasteiger partial charge in [-0.25, -0.2) is 0 Å². The van der Waals surface area contributed by atoms with Gasteiger partial charge >= 0.3 is 0 Å². The van der Waals surface area contributed by atoms with E-state index in [0.717, 1.165) is 0 Å². The molecule has 0 heterocycles. The molecule has 0 saturated heterocycles. The van der Waals surface area contributed by atoms with Gasteiger partial charge in [-0.3, -0.25) is 9.69 Å². The van der Waals surface area contributed by atoms with Gasteiger partial charge in [-0.05, 0) is 44.3 Å². The van der Waals surface area contributed by atoms with Gasteiger partial charge in [-0.2, -0.15) is 0 Å². The Kier molecular flexibility index (Phi) is 7.76. The fourth-order valence-corrected chi connectivity index (χ4v) is 2.60. The molecule has 146 valence electrons. The van der Waals surface area contributed by atoms with Crippen molar-refractivity contribution in [2.45, 2.75) is 13.0 Å². The van der Waals surface area contributed by atoms with E-state index < -0.39 is 0 Å². The van der Waals surface area contributed by atoms with Gasteiger partial charge in [0.2, 0.25) is 5.91 Å². The van der Waals surface area contributed by atoms with Crippen LogP contribution < -0.4 is 19.5 Å². The highest BCUT2D eigenvalue weighted by molar-refractivity contribution is 6.30. The molecule has 1 atom stereocenters. The third kappa shape index (κ3) is 6.05. The smallest absolute Gasteiger partial charge is 0.241 e. The van der Waals surface area contributed by atoms with E-state index in [4.69, 9.17) is 25.8 Å². The van der Waals surface area contributed by atoms with Gasteiger partial charge in [0.1, 0.15) is 12.4 Å². The van der Waals surface area contributed by atoms with Gasteiger partial charge in [-0.15, -0.1) is 0 Å². The minimum atomic E-state index is -0.332. The Balaban J connectivity index is 1.86. The van der Waals surface area contributed by atoms with Crippen molar-refractivity contribution in [2.24, 2.45) is 0 Å². The van der Waals surface area contributed by atoms with E-state index in [1.165, 1.54) is 0 Å². The second-order valence-electron chi connectivity index (χ2n) is 6.02. The number of carbonyl (C=O) groups is 1. The number of likely N-dealkylation sites (N-methyl/N-ethyl adjacent to an activating group) is 1. The van der Waals surface area contributed by atoms with Gasteiger partial charge in [0.15, 0.2) is 11.5 Å². The van der Waals surface area contributed by atoms with Crippen LogP contribution in [0.5, 0.6) is 17.2 Å². The largest absolute Gasteiger partial charge is 0.493 e. The number of amides is 1. The van der Waals surface area contributed by atoms with Crippen LogP contribution >= 0.6 is 11.6 Å². The van der Waals surface area contributed by atoms with Crippen LogP contribution in [-0.4, -0.2) is 51.3 Å². The Labute approximate surface area is 165 Å². The summed E-state index contributed by atoms with van der Waals surface area (Å²) < 4.78 is 16.1. The van der Waals surface area contributed by atoms with Gasteiger partial charge in [0.25, 0.3) is 0 Å². The molecule has 0 aliphatic carbocycles. The van der Waals surface area contributed by atoms with Gasteiger partial charge in [0, 0.05) is 23.3 Å². The first kappa shape index (κ1) is 20.9. The molecule has 0 spiro atoms. The first-order valence-corrected chi connectivity index (χ1v) is 8.94. The Bertz CT molecular complexity index is 769. The number of hydrogen-bond acceptors (Lipinski definition) is 5. The SMILES string of the molecule is COc1ccc(NC(=O)C(C)N(C)CCOc2cccc(Cl)c2)cc1OC. The third-order valence-corrected chi connectivity index (χ3v) is 4.44. The lowest BCUT2D eigenvalue weighted by molar-refractivity contribution is -0.120. The number of nitrogens with one attached hydrogen (secondary N) is 1. The van der Waals surface area contributed by atoms with E-state index in [0.29, 0.717) is 41.1 Å². The highest BCUT2D eigenvalue weighted by atomic mass is 35.5. The molecule has 2 aromatic carbocycles. The Morgan fingerprint density at radius 3 is 2.56 bits per heavy atom. The summed E-state index contributed by atoms with van der Waals surface area (Å²) in [6.07, 6.45) is 0. The number of anilines is 1. The molecular formula is C20H25ClN2O4. The monoisotopic (exact) mass is 392 g/mol. The zero-order chi connectivity index (χ0) is 19.8. The summed E-state index contributed by atoms with van der Waals surface area (Å²) in [5.41, 5.74) is 0.646. The number of carbonyl (C=O) groups excluding carboxylic acids is 1. The zero-order valence-corrected chi connectivity index (χ0v) is 16.7. The first-order valence-electron chi connectivity index (χ1n) is 8.56. The number of methoxy groups -OCH3 is 2. The van der Waals surface area contributed by atoms with Crippen LogP contribution in [0.1, 0.15) is 6.92 Å². The minimum absolute atomic E-state index is 0.118. The summed E-state index contributed by atoms with van der Waals surface area (Å²) in [7, 11) is 5.00. The van der Waals surface area contributed by atoms with Crippen LogP contribution in [0.25, 0.3) is 0 Å². The molecule has 2 rings (SSSR count). The summed E-state index contributed by atoms with van der Waals surface area (Å²) in [5.74, 6) is 1.76. The maximum absolute atomic E-state index is 12.5. The molecule has 7 heteroatoms. The molecule has 6 nitrogen and oxygen atoms in total. The van der Waals surface area contributed by atoms with Crippen molar-refractivity contribution >= 4 is 23.2 Å². The molecule has 0 saturated carbocycles. The average molecular weight is 393 g/mol. The molecule has 0 radical (unpaired) electrons. The standard InChI is InChI=1S/C20H25ClN2O4/c1-14(23(2)10-11-27-17-7-5-6-15(21)12-17)20(24)22-16-8-9-18(25-3)19(13-16)26-4/h5-9,12-14H,10-11H2,1-4H3,(H,22,24). The van der Waals surface area contributed by atoms with E-state index in [9.17, 15) is 4.79 Å². The summed E-state index contributed by atoms with van der Waals surface area (Å²) >= 11 is 5.94. The summed E-state index contributed by atoms with van der Waals surface area (Å²) in [6.45, 7) is 2.88. The van der Waals surface area contributed by atoms with E-state index in [1.54, 1.807) is 44.6 Å². The Morgan fingerprint density at radius 2 is 1.89 bits per heavy atom. The van der Waals surface area contributed by atoms with Crippen LogP contribution in [0.4, 0.5) is 5.69 Å². The van der Waals surface area contributed by atoms with E-state index in [1.807, 2.05) is 31.0 Å². The highest BCUT2D eigenvalue weighted by Crippen LogP contribution is 2.29. The topological polar surface area (TPSA) is 60.0 Å². The van der Waals surface area contributed by atoms with Crippen molar-refractivity contribution in [1.29, 1.82) is 0 Å². The minimum Gasteiger partial charge on any atom is -0.493 e. The van der Waals surface area contributed by atoms with E-state index in [2.05, 4.69) is 5.32 Å². The molecule has 1 unspecified atom stereocenters. The van der Waals surface area contributed by atoms with Crippen LogP contribution in [0.2, 0.25) is 5.02 Å². The third-order valence-electron chi connectivity index (χ3n) is 4.20. The van der Waals surface area contributed by atoms with Crippen molar-refractivity contribution in [2.75, 3.05) is 39.7 Å². The lowest BCUT2D eigenvalue weighted by atomic mass is 10.2. The maximum atomic E-state index is 12.5. The lowest BCUT2D eigenvalue weighted by Gasteiger charge is -2.24. The van der Waals surface area contributed by atoms with Crippen LogP contribution in [-0.2, 0) is 4.79 Å². The molecule has 0 aromatic heterocycles. The second-order valence-corrected chi connectivity index (χ2v) is 6.46. The maximum Gasteiger partial charge on any atom is 0.241 e. The molecule has 0 aliphatic rings. The quantitative estimate of drug-likeness (QED) is 0.705. The van der Waals surface area contributed by atoms with Gasteiger partial charge in [-0.1, -0.05) is 17.7 Å². The Hall–Kier alpha value is -2.44. The predicted octanol–water partition coefficient (Wildman–Crippen LogP) is 3.70. The van der Waals surface area contributed by atoms with Gasteiger partial charge < -0.3 is 19.5 Å². The van der Waals surface area contributed by atoms with Crippen LogP contribution in [0.3, 0.4) is 0 Å². The van der Waals surface area contributed by atoms with Gasteiger partial charge in [0.05, 0.1) is 20.3 Å². The molecule has 2 aromatic rings. The summed E-state index contributed by atoms with van der Waals surface area (Å²) in [6, 6.07) is 12.2. The molecule has 1 amide bonds. The lowest BCUT2D eigenvalue weighted by Crippen LogP contribution is -2.41. The number of hydrogen-bond donors (Lipinski definition) is 1. The fraction of sp³-hybridized carbons (Fsp3) is 0.350. The van der Waals surface area contributed by atoms with E-state index in [-0.39, 0.29) is 11.9 Å². The van der Waals surface area contributed by atoms with Crippen molar-refractivity contribution in [3.05, 3.63) is 47.5 Å². The normalized spacial score (nSPS) is 11.8. The van der Waals surface area contributed by atoms with E-state index >= 15 is 0 Å². The van der Waals surface area contributed by atoms with Crippen LogP contribution in [0.15, 0.2) is 42.5 Å². The second kappa shape index (κ2) is 10.0. The number of benzene rings is 2. The van der Waals surface area contributed by atoms with Crippen molar-refractivity contribution < 1.29 is 19.0 Å². The number of ether oxygens (including phenoxy) is 3. The van der Waals surface area contributed by atoms with Crippen molar-refractivity contribution in [3.8, 4) is 17.2 Å². The first-order chi connectivity index (χ1) is 12.9. The number of halogens is 1. The molecule has 0 aliphatic heterocycles. The summed E-state index contributed by atoms with van der Waals surface area (Å²) in [5, 5.41) is 3.52. The molecule has 0 bridgehead atoms. The fourth-order valence-electron chi connectivity index (χ4n) is 2.42. The highest BCUT2D eigenvalue weighted by Gasteiger charge is 2.18.